The van der Waals surface area contributed by atoms with E-state index in [1.54, 1.807) is 0 Å². The van der Waals surface area contributed by atoms with Gasteiger partial charge in [0.15, 0.2) is 6.10 Å². The summed E-state index contributed by atoms with van der Waals surface area (Å²) in [5.74, 6) is -0.817. The zero-order valence-electron chi connectivity index (χ0n) is 36.6. The summed E-state index contributed by atoms with van der Waals surface area (Å²) in [5, 5.41) is 0. The molecule has 0 aromatic carbocycles. The summed E-state index contributed by atoms with van der Waals surface area (Å²) in [6, 6.07) is 0. The summed E-state index contributed by atoms with van der Waals surface area (Å²) in [5.41, 5.74) is 5.36. The zero-order chi connectivity index (χ0) is 41.1. The van der Waals surface area contributed by atoms with Gasteiger partial charge >= 0.3 is 19.8 Å². The molecular formula is C46H90NO8P. The van der Waals surface area contributed by atoms with Crippen LogP contribution < -0.4 is 5.73 Å². The van der Waals surface area contributed by atoms with Crippen LogP contribution in [0.5, 0.6) is 0 Å². The Balaban J connectivity index is 4.06. The summed E-state index contributed by atoms with van der Waals surface area (Å²) in [4.78, 5) is 34.9. The van der Waals surface area contributed by atoms with Crippen molar-refractivity contribution in [3.05, 3.63) is 12.2 Å². The van der Waals surface area contributed by atoms with Gasteiger partial charge in [-0.05, 0) is 38.5 Å². The predicted octanol–water partition coefficient (Wildman–Crippen LogP) is 13.8. The van der Waals surface area contributed by atoms with Gasteiger partial charge in [0.25, 0.3) is 0 Å². The number of rotatable bonds is 45. The predicted molar refractivity (Wildman–Crippen MR) is 234 cm³/mol. The molecule has 3 N–H and O–H groups in total. The van der Waals surface area contributed by atoms with Crippen LogP contribution >= 0.6 is 7.82 Å². The molecule has 0 rings (SSSR count). The maximum absolute atomic E-state index is 12.6. The Bertz CT molecular complexity index is 933. The minimum Gasteiger partial charge on any atom is -0.462 e. The number of hydrogen-bond acceptors (Lipinski definition) is 8. The third-order valence-electron chi connectivity index (χ3n) is 10.4. The van der Waals surface area contributed by atoms with E-state index >= 15 is 0 Å². The van der Waals surface area contributed by atoms with Gasteiger partial charge in [-0.25, -0.2) is 4.57 Å². The van der Waals surface area contributed by atoms with Crippen LogP contribution in [0.25, 0.3) is 0 Å². The molecule has 0 aliphatic rings. The molecule has 0 saturated carbocycles. The number of ether oxygens (including phenoxy) is 2. The summed E-state index contributed by atoms with van der Waals surface area (Å²) in [6.07, 6.45) is 45.2. The number of carbonyl (C=O) groups excluding carboxylic acids is 2. The van der Waals surface area contributed by atoms with Crippen molar-refractivity contribution < 1.29 is 37.6 Å². The first kappa shape index (κ1) is 54.8. The highest BCUT2D eigenvalue weighted by Gasteiger charge is 2.26. The third kappa shape index (κ3) is 42.4. The molecule has 0 heterocycles. The van der Waals surface area contributed by atoms with Crippen molar-refractivity contribution in [1.29, 1.82) is 0 Å². The molecular weight excluding hydrogens is 725 g/mol. The fourth-order valence-corrected chi connectivity index (χ4v) is 7.63. The molecule has 332 valence electrons. The Morgan fingerprint density at radius 1 is 0.518 bits per heavy atom. The van der Waals surface area contributed by atoms with Crippen molar-refractivity contribution in [3.63, 3.8) is 0 Å². The number of allylic oxidation sites excluding steroid dienone is 2. The maximum atomic E-state index is 12.6. The Hall–Kier alpha value is -1.25. The van der Waals surface area contributed by atoms with Crippen LogP contribution in [-0.2, 0) is 32.7 Å². The minimum absolute atomic E-state index is 0.0563. The molecule has 9 nitrogen and oxygen atoms in total. The molecule has 0 radical (unpaired) electrons. The lowest BCUT2D eigenvalue weighted by Crippen LogP contribution is -2.29. The molecule has 0 saturated heterocycles. The van der Waals surface area contributed by atoms with E-state index in [1.165, 1.54) is 173 Å². The van der Waals surface area contributed by atoms with Gasteiger partial charge < -0.3 is 20.1 Å². The molecule has 0 bridgehead atoms. The van der Waals surface area contributed by atoms with Crippen LogP contribution in [0.2, 0.25) is 0 Å². The molecule has 10 heteroatoms. The van der Waals surface area contributed by atoms with Crippen molar-refractivity contribution in [1.82, 2.24) is 0 Å². The van der Waals surface area contributed by atoms with E-state index in [0.29, 0.717) is 6.42 Å². The Kier molecular flexibility index (Phi) is 42.4. The summed E-state index contributed by atoms with van der Waals surface area (Å²) < 4.78 is 32.9. The monoisotopic (exact) mass is 816 g/mol. The largest absolute Gasteiger partial charge is 0.472 e. The van der Waals surface area contributed by atoms with Crippen LogP contribution in [0.3, 0.4) is 0 Å². The first-order valence-corrected chi connectivity index (χ1v) is 25.2. The lowest BCUT2D eigenvalue weighted by Gasteiger charge is -2.19. The van der Waals surface area contributed by atoms with Gasteiger partial charge in [-0.1, -0.05) is 199 Å². The molecule has 0 aromatic rings. The highest BCUT2D eigenvalue weighted by molar-refractivity contribution is 7.47. The van der Waals surface area contributed by atoms with E-state index in [4.69, 9.17) is 24.3 Å². The van der Waals surface area contributed by atoms with Crippen LogP contribution in [0.4, 0.5) is 0 Å². The first-order chi connectivity index (χ1) is 27.3. The molecule has 1 unspecified atom stereocenters. The van der Waals surface area contributed by atoms with Gasteiger partial charge in [-0.2, -0.15) is 0 Å². The standard InChI is InChI=1S/C46H90NO8P/c1-3-5-7-9-11-13-15-17-19-21-22-23-25-26-28-30-32-34-36-38-45(48)52-42-44(43-54-56(50,51)53-41-40-47)55-46(49)39-37-35-33-31-29-27-24-20-18-16-14-12-10-8-6-4-2/h17,19,44H,3-16,18,20-43,47H2,1-2H3,(H,50,51)/b19-17+/t44-/m1/s1. The SMILES string of the molecule is CCCCCCCC/C=C/CCCCCCCCCCCC(=O)OC[C@H](COP(=O)(O)OCCN)OC(=O)CCCCCCCCCCCCCCCCCC. The third-order valence-corrected chi connectivity index (χ3v) is 11.4. The molecule has 0 aliphatic carbocycles. The fraction of sp³-hybridized carbons (Fsp3) is 0.913. The van der Waals surface area contributed by atoms with E-state index in [1.807, 2.05) is 0 Å². The average molecular weight is 816 g/mol. The average Bonchev–Trinajstić information content (AvgIpc) is 3.18. The molecule has 2 atom stereocenters. The highest BCUT2D eigenvalue weighted by Crippen LogP contribution is 2.43. The number of hydrogen-bond donors (Lipinski definition) is 2. The van der Waals surface area contributed by atoms with Crippen LogP contribution in [0.15, 0.2) is 12.2 Å². The lowest BCUT2D eigenvalue weighted by atomic mass is 10.0. The molecule has 0 fully saturated rings. The second kappa shape index (κ2) is 43.3. The molecule has 0 aromatic heterocycles. The first-order valence-electron chi connectivity index (χ1n) is 23.7. The van der Waals surface area contributed by atoms with Crippen molar-refractivity contribution in [2.24, 2.45) is 5.73 Å². The number of phosphoric acid groups is 1. The molecule has 0 amide bonds. The number of unbranched alkanes of at least 4 members (excludes halogenated alkanes) is 30. The number of esters is 2. The zero-order valence-corrected chi connectivity index (χ0v) is 37.5. The van der Waals surface area contributed by atoms with Crippen LogP contribution in [0.1, 0.15) is 239 Å². The van der Waals surface area contributed by atoms with Gasteiger partial charge in [0.1, 0.15) is 6.61 Å². The topological polar surface area (TPSA) is 134 Å². The second-order valence-electron chi connectivity index (χ2n) is 16.0. The number of carbonyl (C=O) groups is 2. The molecule has 56 heavy (non-hydrogen) atoms. The summed E-state index contributed by atoms with van der Waals surface area (Å²) >= 11 is 0. The minimum atomic E-state index is -4.37. The lowest BCUT2D eigenvalue weighted by molar-refractivity contribution is -0.161. The van der Waals surface area contributed by atoms with Gasteiger partial charge in [0.05, 0.1) is 13.2 Å². The van der Waals surface area contributed by atoms with Gasteiger partial charge in [0.2, 0.25) is 0 Å². The van der Waals surface area contributed by atoms with E-state index in [-0.39, 0.29) is 38.6 Å². The van der Waals surface area contributed by atoms with Crippen molar-refractivity contribution in [2.75, 3.05) is 26.4 Å². The van der Waals surface area contributed by atoms with E-state index in [2.05, 4.69) is 26.0 Å². The van der Waals surface area contributed by atoms with Crippen LogP contribution in [0, 0.1) is 0 Å². The Morgan fingerprint density at radius 3 is 1.27 bits per heavy atom. The van der Waals surface area contributed by atoms with Gasteiger partial charge in [-0.3, -0.25) is 18.6 Å². The van der Waals surface area contributed by atoms with Crippen molar-refractivity contribution in [3.8, 4) is 0 Å². The summed E-state index contributed by atoms with van der Waals surface area (Å²) in [7, 11) is -4.37. The Morgan fingerprint density at radius 2 is 0.875 bits per heavy atom. The van der Waals surface area contributed by atoms with E-state index in [0.717, 1.165) is 32.1 Å². The molecule has 0 aliphatic heterocycles. The normalized spacial score (nSPS) is 13.3. The van der Waals surface area contributed by atoms with Crippen molar-refractivity contribution in [2.45, 2.75) is 245 Å². The maximum Gasteiger partial charge on any atom is 0.472 e. The van der Waals surface area contributed by atoms with Gasteiger partial charge in [-0.15, -0.1) is 0 Å². The van der Waals surface area contributed by atoms with Crippen LogP contribution in [-0.4, -0.2) is 49.3 Å². The van der Waals surface area contributed by atoms with E-state index < -0.39 is 26.5 Å². The second-order valence-corrected chi connectivity index (χ2v) is 17.4. The smallest absolute Gasteiger partial charge is 0.462 e. The molecule has 0 spiro atoms. The van der Waals surface area contributed by atoms with Gasteiger partial charge in [0, 0.05) is 19.4 Å². The number of phosphoric ester groups is 1. The number of nitrogens with two attached hydrogens (primary N) is 1. The van der Waals surface area contributed by atoms with Crippen molar-refractivity contribution >= 4 is 19.8 Å². The van der Waals surface area contributed by atoms with E-state index in [9.17, 15) is 19.0 Å². The Labute approximate surface area is 345 Å². The quantitative estimate of drug-likeness (QED) is 0.0266. The summed E-state index contributed by atoms with van der Waals surface area (Å²) in [6.45, 7) is 3.77. The fourth-order valence-electron chi connectivity index (χ4n) is 6.87. The highest BCUT2D eigenvalue weighted by atomic mass is 31.2.